The van der Waals surface area contributed by atoms with Crippen molar-refractivity contribution in [1.82, 2.24) is 9.15 Å². The van der Waals surface area contributed by atoms with E-state index in [1.54, 1.807) is 30.3 Å². The molecule has 12 nitrogen and oxygen atoms in total. The van der Waals surface area contributed by atoms with Gasteiger partial charge in [0.05, 0.1) is 45.0 Å². The molecule has 0 saturated heterocycles. The first-order chi connectivity index (χ1) is 34.9. The fourth-order valence-electron chi connectivity index (χ4n) is 9.55. The lowest BCUT2D eigenvalue weighted by Gasteiger charge is -2.22. The highest BCUT2D eigenvalue weighted by Crippen LogP contribution is 2.45. The quantitative estimate of drug-likeness (QED) is 0.0416. The van der Waals surface area contributed by atoms with Gasteiger partial charge in [0, 0.05) is 94.8 Å². The standard InChI is InChI=1S/2C29H29N3O3S/c1-5-31(6-2)20-10-13-23-26(16-20)35-27-17-21(32(7-3)8-4)11-14-24(27)28(23)25-15-19(30-18-36)9-12-22(25)29(33)34;1-5-31(6-2)20-10-13-23-26(16-20)35-27-17-21(32(7-3)8-4)11-14-24(27)28(23)22-12-9-19(30-18-36)15-25(22)29(33)34/h2*9-17H,5-8H2,1-4H3/p+2. The average Bonchev–Trinajstić information content (AvgIpc) is 3.39. The summed E-state index contributed by atoms with van der Waals surface area (Å²) < 4.78 is 17.5. The first-order valence-corrected chi connectivity index (χ1v) is 25.3. The van der Waals surface area contributed by atoms with Crippen LogP contribution in [0.3, 0.4) is 0 Å². The Kier molecular flexibility index (Phi) is 17.1. The minimum absolute atomic E-state index is 0.149. The summed E-state index contributed by atoms with van der Waals surface area (Å²) in [5.41, 5.74) is 9.31. The third-order valence-electron chi connectivity index (χ3n) is 13.2. The third-order valence-corrected chi connectivity index (χ3v) is 13.4. The number of aliphatic imine (C=N–C) groups is 2. The molecule has 0 atom stereocenters. The number of benzene rings is 6. The topological polar surface area (TPSA) is 138 Å². The van der Waals surface area contributed by atoms with Gasteiger partial charge in [-0.2, -0.15) is 9.98 Å². The number of anilines is 2. The van der Waals surface area contributed by atoms with Crippen molar-refractivity contribution in [1.29, 1.82) is 0 Å². The highest BCUT2D eigenvalue weighted by Gasteiger charge is 2.25. The largest absolute Gasteiger partial charge is 0.478 e. The molecular weight excluding hydrogens is 941 g/mol. The molecule has 8 rings (SSSR count). The van der Waals surface area contributed by atoms with Crippen molar-refractivity contribution in [2.45, 2.75) is 55.4 Å². The van der Waals surface area contributed by atoms with E-state index < -0.39 is 11.9 Å². The Morgan fingerprint density at radius 1 is 0.500 bits per heavy atom. The van der Waals surface area contributed by atoms with E-state index in [2.05, 4.69) is 119 Å². The number of aromatic carboxylic acids is 2. The average molecular weight is 1000 g/mol. The third kappa shape index (κ3) is 10.7. The molecule has 0 amide bonds. The van der Waals surface area contributed by atoms with Crippen LogP contribution in [0.1, 0.15) is 76.1 Å². The summed E-state index contributed by atoms with van der Waals surface area (Å²) in [5.74, 6) is -0.646. The molecular formula is C58H60N6O6S2+2. The predicted octanol–water partition coefficient (Wildman–Crippen LogP) is 12.6. The molecule has 0 radical (unpaired) electrons. The van der Waals surface area contributed by atoms with Crippen molar-refractivity contribution in [3.8, 4) is 44.9 Å². The Balaban J connectivity index is 0.000000211. The fourth-order valence-corrected chi connectivity index (χ4v) is 9.77. The SMILES string of the molecule is CCN(CC)c1ccc2c(-c3cc(N=C=S)ccc3C(=O)O)c3ccc(=[N+](CC)CC)cc-3oc2c1.CCN(CC)c1ccc2c(-c3ccc(N=C=S)cc3C(=O)O)c3ccc(=[N+](CC)CC)cc-3oc2c1. The van der Waals surface area contributed by atoms with Crippen LogP contribution < -0.4 is 29.7 Å². The zero-order chi connectivity index (χ0) is 51.6. The van der Waals surface area contributed by atoms with E-state index in [4.69, 9.17) is 33.3 Å². The number of carboxylic acids is 2. The van der Waals surface area contributed by atoms with Gasteiger partial charge in [-0.3, -0.25) is 0 Å². The molecule has 0 unspecified atom stereocenters. The molecule has 368 valence electrons. The molecule has 4 aliphatic rings. The van der Waals surface area contributed by atoms with Crippen molar-refractivity contribution >= 4 is 91.4 Å². The minimum Gasteiger partial charge on any atom is -0.478 e. The van der Waals surface area contributed by atoms with E-state index >= 15 is 0 Å². The Hall–Kier alpha value is -7.60. The number of rotatable bonds is 16. The van der Waals surface area contributed by atoms with E-state index in [0.29, 0.717) is 45.2 Å². The molecule has 14 heteroatoms. The molecule has 2 N–H and O–H groups in total. The van der Waals surface area contributed by atoms with Crippen LogP contribution in [0.4, 0.5) is 22.7 Å². The molecule has 0 bridgehead atoms. The zero-order valence-electron chi connectivity index (χ0n) is 42.1. The molecule has 2 aliphatic heterocycles. The van der Waals surface area contributed by atoms with Gasteiger partial charge in [-0.15, -0.1) is 0 Å². The maximum atomic E-state index is 12.3. The van der Waals surface area contributed by atoms with Gasteiger partial charge in [0.25, 0.3) is 0 Å². The van der Waals surface area contributed by atoms with Crippen molar-refractivity contribution < 1.29 is 28.6 Å². The number of hydrogen-bond acceptors (Lipinski definition) is 10. The van der Waals surface area contributed by atoms with Gasteiger partial charge in [-0.25, -0.2) is 18.7 Å². The zero-order valence-corrected chi connectivity index (χ0v) is 43.7. The fraction of sp³-hybridized carbons (Fsp3) is 0.276. The monoisotopic (exact) mass is 1000 g/mol. The smallest absolute Gasteiger partial charge is 0.336 e. The first kappa shape index (κ1) is 52.2. The van der Waals surface area contributed by atoms with Gasteiger partial charge in [-0.05, 0) is 158 Å². The highest BCUT2D eigenvalue weighted by atomic mass is 32.1. The normalized spacial score (nSPS) is 10.9. The summed E-state index contributed by atoms with van der Waals surface area (Å²) in [6.45, 7) is 23.9. The van der Waals surface area contributed by atoms with Gasteiger partial charge in [0.1, 0.15) is 48.9 Å². The summed E-state index contributed by atoms with van der Waals surface area (Å²) in [7, 11) is 0. The van der Waals surface area contributed by atoms with E-state index in [1.807, 2.05) is 48.5 Å². The Morgan fingerprint density at radius 3 is 1.33 bits per heavy atom. The van der Waals surface area contributed by atoms with Crippen LogP contribution in [0.15, 0.2) is 128 Å². The van der Waals surface area contributed by atoms with Crippen LogP contribution in [0.5, 0.6) is 0 Å². The van der Waals surface area contributed by atoms with E-state index in [9.17, 15) is 19.8 Å². The lowest BCUT2D eigenvalue weighted by molar-refractivity contribution is 0.0687. The summed E-state index contributed by atoms with van der Waals surface area (Å²) >= 11 is 9.52. The number of carboxylic acid groups (broad SMARTS) is 2. The molecule has 0 saturated carbocycles. The maximum absolute atomic E-state index is 12.3. The van der Waals surface area contributed by atoms with Gasteiger partial charge in [0.15, 0.2) is 0 Å². The molecule has 2 heterocycles. The summed E-state index contributed by atoms with van der Waals surface area (Å²) in [6, 6.07) is 34.5. The van der Waals surface area contributed by atoms with Crippen molar-refractivity contribution in [2.75, 3.05) is 62.2 Å². The van der Waals surface area contributed by atoms with Crippen LogP contribution in [-0.4, -0.2) is 84.8 Å². The van der Waals surface area contributed by atoms with E-state index in [0.717, 1.165) is 107 Å². The first-order valence-electron chi connectivity index (χ1n) is 24.5. The number of carbonyl (C=O) groups is 2. The number of fused-ring (bicyclic) bond motifs is 4. The Bertz CT molecular complexity index is 3510. The molecule has 0 spiro atoms. The lowest BCUT2D eigenvalue weighted by Crippen LogP contribution is -2.29. The summed E-state index contributed by atoms with van der Waals surface area (Å²) in [6.07, 6.45) is 0. The van der Waals surface area contributed by atoms with Crippen LogP contribution in [0, 0.1) is 0 Å². The van der Waals surface area contributed by atoms with Gasteiger partial charge < -0.3 is 28.8 Å². The van der Waals surface area contributed by atoms with Crippen LogP contribution >= 0.6 is 24.4 Å². The summed E-state index contributed by atoms with van der Waals surface area (Å²) in [5, 5.41) is 28.6. The van der Waals surface area contributed by atoms with Gasteiger partial charge in [-0.1, -0.05) is 6.07 Å². The second-order valence-corrected chi connectivity index (χ2v) is 17.2. The molecule has 0 fully saturated rings. The number of hydrogen-bond donors (Lipinski definition) is 2. The molecule has 72 heavy (non-hydrogen) atoms. The van der Waals surface area contributed by atoms with Gasteiger partial charge in [0.2, 0.25) is 10.7 Å². The number of nitrogens with zero attached hydrogens (tertiary/aromatic N) is 6. The molecule has 2 aliphatic carbocycles. The lowest BCUT2D eigenvalue weighted by atomic mass is 9.90. The maximum Gasteiger partial charge on any atom is 0.336 e. The van der Waals surface area contributed by atoms with Crippen LogP contribution in [0.25, 0.3) is 66.8 Å². The minimum atomic E-state index is -1.03. The molecule has 0 aromatic heterocycles. The highest BCUT2D eigenvalue weighted by molar-refractivity contribution is 7.78. The van der Waals surface area contributed by atoms with Crippen molar-refractivity contribution in [2.24, 2.45) is 9.98 Å². The summed E-state index contributed by atoms with van der Waals surface area (Å²) in [4.78, 5) is 37.2. The van der Waals surface area contributed by atoms with Crippen molar-refractivity contribution in [3.63, 3.8) is 0 Å². The Morgan fingerprint density at radius 2 is 0.917 bits per heavy atom. The second-order valence-electron chi connectivity index (χ2n) is 16.8. The van der Waals surface area contributed by atoms with E-state index in [1.165, 1.54) is 6.07 Å². The van der Waals surface area contributed by atoms with Crippen molar-refractivity contribution in [3.05, 3.63) is 131 Å². The predicted molar refractivity (Wildman–Crippen MR) is 300 cm³/mol. The molecule has 4 aromatic rings. The van der Waals surface area contributed by atoms with E-state index in [-0.39, 0.29) is 11.1 Å². The number of isothiocyanates is 2. The van der Waals surface area contributed by atoms with Crippen LogP contribution in [0.2, 0.25) is 0 Å². The van der Waals surface area contributed by atoms with Crippen LogP contribution in [-0.2, 0) is 0 Å². The second kappa shape index (κ2) is 23.5. The van der Waals surface area contributed by atoms with Gasteiger partial charge >= 0.3 is 11.9 Å². The Labute approximate surface area is 430 Å². The number of thiocarbonyl (C=S) groups is 2. The molecule has 4 aromatic carbocycles.